The molecule has 0 bridgehead atoms. The zero-order chi connectivity index (χ0) is 13.0. The summed E-state index contributed by atoms with van der Waals surface area (Å²) < 4.78 is 0. The van der Waals surface area contributed by atoms with Gasteiger partial charge in [0, 0.05) is 6.04 Å². The Bertz CT molecular complexity index is 411. The SMILES string of the molecule is Cc1cccc(C(NC2CCCCC2)C(N)=O)c1. The minimum atomic E-state index is -0.354. The van der Waals surface area contributed by atoms with Crippen LogP contribution in [0.15, 0.2) is 24.3 Å². The summed E-state index contributed by atoms with van der Waals surface area (Å²) in [7, 11) is 0. The Morgan fingerprint density at radius 3 is 2.67 bits per heavy atom. The lowest BCUT2D eigenvalue weighted by molar-refractivity contribution is -0.120. The number of nitrogens with two attached hydrogens (primary N) is 1. The van der Waals surface area contributed by atoms with Gasteiger partial charge in [0.15, 0.2) is 0 Å². The first kappa shape index (κ1) is 13.1. The number of benzene rings is 1. The van der Waals surface area contributed by atoms with Crippen LogP contribution in [0.1, 0.15) is 49.3 Å². The van der Waals surface area contributed by atoms with Crippen LogP contribution in [0.4, 0.5) is 0 Å². The van der Waals surface area contributed by atoms with E-state index in [1.54, 1.807) is 0 Å². The van der Waals surface area contributed by atoms with Crippen LogP contribution in [0, 0.1) is 6.92 Å². The van der Waals surface area contributed by atoms with Gasteiger partial charge >= 0.3 is 0 Å². The Morgan fingerprint density at radius 2 is 2.06 bits per heavy atom. The van der Waals surface area contributed by atoms with E-state index in [-0.39, 0.29) is 11.9 Å². The summed E-state index contributed by atoms with van der Waals surface area (Å²) in [6.45, 7) is 2.03. The van der Waals surface area contributed by atoms with E-state index in [2.05, 4.69) is 5.32 Å². The highest BCUT2D eigenvalue weighted by Gasteiger charge is 2.22. The number of hydrogen-bond acceptors (Lipinski definition) is 2. The van der Waals surface area contributed by atoms with Crippen LogP contribution in [0.2, 0.25) is 0 Å². The molecule has 0 aromatic heterocycles. The Labute approximate surface area is 109 Å². The smallest absolute Gasteiger partial charge is 0.239 e. The van der Waals surface area contributed by atoms with E-state index in [9.17, 15) is 4.79 Å². The molecule has 2 rings (SSSR count). The molecule has 0 radical (unpaired) electrons. The van der Waals surface area contributed by atoms with E-state index in [4.69, 9.17) is 5.73 Å². The van der Waals surface area contributed by atoms with Gasteiger partial charge in [-0.3, -0.25) is 10.1 Å². The molecule has 0 spiro atoms. The summed E-state index contributed by atoms with van der Waals surface area (Å²) in [5, 5.41) is 3.42. The Morgan fingerprint density at radius 1 is 1.33 bits per heavy atom. The fraction of sp³-hybridized carbons (Fsp3) is 0.533. The van der Waals surface area contributed by atoms with Crippen molar-refractivity contribution in [2.45, 2.75) is 51.1 Å². The number of rotatable bonds is 4. The van der Waals surface area contributed by atoms with Crippen LogP contribution in [-0.2, 0) is 4.79 Å². The van der Waals surface area contributed by atoms with Crippen LogP contribution in [-0.4, -0.2) is 11.9 Å². The second-order valence-electron chi connectivity index (χ2n) is 5.25. The fourth-order valence-corrected chi connectivity index (χ4v) is 2.70. The van der Waals surface area contributed by atoms with Crippen molar-refractivity contribution in [1.29, 1.82) is 0 Å². The van der Waals surface area contributed by atoms with Gasteiger partial charge < -0.3 is 5.73 Å². The maximum absolute atomic E-state index is 11.6. The average Bonchev–Trinajstić information content (AvgIpc) is 2.37. The molecular weight excluding hydrogens is 224 g/mol. The van der Waals surface area contributed by atoms with Crippen LogP contribution < -0.4 is 11.1 Å². The molecule has 1 atom stereocenters. The lowest BCUT2D eigenvalue weighted by atomic mass is 9.93. The molecule has 18 heavy (non-hydrogen) atoms. The first-order valence-corrected chi connectivity index (χ1v) is 6.79. The van der Waals surface area contributed by atoms with Crippen LogP contribution >= 0.6 is 0 Å². The second-order valence-corrected chi connectivity index (χ2v) is 5.25. The number of nitrogens with one attached hydrogen (secondary N) is 1. The number of primary amides is 1. The third-order valence-electron chi connectivity index (χ3n) is 3.67. The Kier molecular flexibility index (Phi) is 4.37. The van der Waals surface area contributed by atoms with Crippen molar-refractivity contribution in [1.82, 2.24) is 5.32 Å². The first-order chi connectivity index (χ1) is 8.66. The highest BCUT2D eigenvalue weighted by atomic mass is 16.1. The molecule has 1 amide bonds. The molecule has 1 saturated carbocycles. The number of carbonyl (C=O) groups is 1. The van der Waals surface area contributed by atoms with Crippen LogP contribution in [0.5, 0.6) is 0 Å². The van der Waals surface area contributed by atoms with Gasteiger partial charge in [0.05, 0.1) is 0 Å². The van der Waals surface area contributed by atoms with E-state index >= 15 is 0 Å². The molecule has 98 valence electrons. The van der Waals surface area contributed by atoms with Gasteiger partial charge in [-0.1, -0.05) is 49.1 Å². The maximum atomic E-state index is 11.6. The summed E-state index contributed by atoms with van der Waals surface area (Å²) in [5.74, 6) is -0.286. The van der Waals surface area contributed by atoms with E-state index in [0.717, 1.165) is 24.0 Å². The minimum Gasteiger partial charge on any atom is -0.368 e. The molecule has 1 fully saturated rings. The molecule has 0 aliphatic heterocycles. The van der Waals surface area contributed by atoms with Crippen LogP contribution in [0.3, 0.4) is 0 Å². The zero-order valence-corrected chi connectivity index (χ0v) is 11.0. The van der Waals surface area contributed by atoms with Gasteiger partial charge in [0.25, 0.3) is 0 Å². The van der Waals surface area contributed by atoms with Crippen LogP contribution in [0.25, 0.3) is 0 Å². The topological polar surface area (TPSA) is 55.1 Å². The molecule has 1 aliphatic rings. The van der Waals surface area contributed by atoms with Crippen molar-refractivity contribution in [3.05, 3.63) is 35.4 Å². The standard InChI is InChI=1S/C15H22N2O/c1-11-6-5-7-12(10-11)14(15(16)18)17-13-8-3-2-4-9-13/h5-7,10,13-14,17H,2-4,8-9H2,1H3,(H2,16,18). The predicted molar refractivity (Wildman–Crippen MR) is 73.1 cm³/mol. The largest absolute Gasteiger partial charge is 0.368 e. The van der Waals surface area contributed by atoms with Gasteiger partial charge in [0.1, 0.15) is 6.04 Å². The van der Waals surface area contributed by atoms with Gasteiger partial charge in [0.2, 0.25) is 5.91 Å². The number of carbonyl (C=O) groups excluding carboxylic acids is 1. The number of hydrogen-bond donors (Lipinski definition) is 2. The third-order valence-corrected chi connectivity index (χ3v) is 3.67. The van der Waals surface area contributed by atoms with Crippen molar-refractivity contribution >= 4 is 5.91 Å². The van der Waals surface area contributed by atoms with Crippen molar-refractivity contribution in [3.8, 4) is 0 Å². The molecule has 1 aromatic carbocycles. The second kappa shape index (κ2) is 6.01. The Balaban J connectivity index is 2.10. The number of amides is 1. The van der Waals surface area contributed by atoms with Gasteiger partial charge in [-0.25, -0.2) is 0 Å². The van der Waals surface area contributed by atoms with Crippen molar-refractivity contribution in [2.75, 3.05) is 0 Å². The Hall–Kier alpha value is -1.35. The lowest BCUT2D eigenvalue weighted by Crippen LogP contribution is -2.41. The summed E-state index contributed by atoms with van der Waals surface area (Å²) in [6, 6.07) is 8.08. The fourth-order valence-electron chi connectivity index (χ4n) is 2.70. The minimum absolute atomic E-state index is 0.286. The highest BCUT2D eigenvalue weighted by molar-refractivity contribution is 5.81. The lowest BCUT2D eigenvalue weighted by Gasteiger charge is -2.27. The maximum Gasteiger partial charge on any atom is 0.239 e. The van der Waals surface area contributed by atoms with E-state index in [0.29, 0.717) is 6.04 Å². The summed E-state index contributed by atoms with van der Waals surface area (Å²) >= 11 is 0. The molecule has 0 heterocycles. The van der Waals surface area contributed by atoms with Gasteiger partial charge in [-0.2, -0.15) is 0 Å². The summed E-state index contributed by atoms with van der Waals surface area (Å²) in [4.78, 5) is 11.6. The molecule has 3 N–H and O–H groups in total. The molecule has 1 aromatic rings. The van der Waals surface area contributed by atoms with Crippen molar-refractivity contribution in [3.63, 3.8) is 0 Å². The van der Waals surface area contributed by atoms with E-state index < -0.39 is 0 Å². The summed E-state index contributed by atoms with van der Waals surface area (Å²) in [6.07, 6.45) is 6.10. The van der Waals surface area contributed by atoms with Gasteiger partial charge in [-0.05, 0) is 25.3 Å². The number of aryl methyl sites for hydroxylation is 1. The quantitative estimate of drug-likeness (QED) is 0.857. The molecule has 1 unspecified atom stereocenters. The molecule has 3 heteroatoms. The van der Waals surface area contributed by atoms with E-state index in [1.165, 1.54) is 19.3 Å². The molecule has 1 aliphatic carbocycles. The molecule has 3 nitrogen and oxygen atoms in total. The normalized spacial score (nSPS) is 18.5. The summed E-state index contributed by atoms with van der Waals surface area (Å²) in [5.41, 5.74) is 7.67. The third kappa shape index (κ3) is 3.33. The first-order valence-electron chi connectivity index (χ1n) is 6.79. The van der Waals surface area contributed by atoms with Gasteiger partial charge in [-0.15, -0.1) is 0 Å². The predicted octanol–water partition coefficient (Wildman–Crippen LogP) is 2.44. The zero-order valence-electron chi connectivity index (χ0n) is 11.0. The molecule has 0 saturated heterocycles. The monoisotopic (exact) mass is 246 g/mol. The van der Waals surface area contributed by atoms with Crippen molar-refractivity contribution in [2.24, 2.45) is 5.73 Å². The molecular formula is C15H22N2O. The van der Waals surface area contributed by atoms with Crippen molar-refractivity contribution < 1.29 is 4.79 Å². The average molecular weight is 246 g/mol. The van der Waals surface area contributed by atoms with E-state index in [1.807, 2.05) is 31.2 Å². The highest BCUT2D eigenvalue weighted by Crippen LogP contribution is 2.22.